The Morgan fingerprint density at radius 3 is 2.81 bits per heavy atom. The van der Waals surface area contributed by atoms with Crippen molar-refractivity contribution in [1.82, 2.24) is 4.98 Å². The van der Waals surface area contributed by atoms with Gasteiger partial charge in [0.25, 0.3) is 0 Å². The summed E-state index contributed by atoms with van der Waals surface area (Å²) < 4.78 is 18.4. The van der Waals surface area contributed by atoms with Gasteiger partial charge in [-0.25, -0.2) is 9.37 Å². The van der Waals surface area contributed by atoms with Gasteiger partial charge in [-0.3, -0.25) is 0 Å². The molecule has 1 heterocycles. The average Bonchev–Trinajstić information content (AvgIpc) is 2.24. The van der Waals surface area contributed by atoms with Crippen molar-refractivity contribution in [2.45, 2.75) is 6.92 Å². The Kier molecular flexibility index (Phi) is 2.72. The van der Waals surface area contributed by atoms with E-state index in [1.54, 1.807) is 12.3 Å². The molecule has 2 N–H and O–H groups in total. The maximum Gasteiger partial charge on any atom is 0.219 e. The van der Waals surface area contributed by atoms with Crippen LogP contribution >= 0.6 is 0 Å². The molecule has 0 spiro atoms. The molecule has 0 amide bonds. The van der Waals surface area contributed by atoms with Crippen molar-refractivity contribution < 1.29 is 9.13 Å². The quantitative estimate of drug-likeness (QED) is 0.788. The van der Waals surface area contributed by atoms with E-state index in [1.807, 2.05) is 13.0 Å². The van der Waals surface area contributed by atoms with Gasteiger partial charge < -0.3 is 10.5 Å². The molecule has 0 saturated carbocycles. The number of aromatic nitrogens is 1. The Labute approximate surface area is 92.7 Å². The molecule has 0 aliphatic heterocycles. The first kappa shape index (κ1) is 10.4. The van der Waals surface area contributed by atoms with Crippen molar-refractivity contribution in [1.29, 1.82) is 0 Å². The van der Waals surface area contributed by atoms with Crippen LogP contribution in [0.1, 0.15) is 5.56 Å². The summed E-state index contributed by atoms with van der Waals surface area (Å²) in [5.74, 6) is 0.284. The first-order chi connectivity index (χ1) is 7.65. The highest BCUT2D eigenvalue weighted by molar-refractivity contribution is 5.53. The highest BCUT2D eigenvalue weighted by Crippen LogP contribution is 2.26. The zero-order chi connectivity index (χ0) is 11.5. The van der Waals surface area contributed by atoms with Gasteiger partial charge in [0.05, 0.1) is 5.69 Å². The summed E-state index contributed by atoms with van der Waals surface area (Å²) in [5, 5.41) is 0. The van der Waals surface area contributed by atoms with E-state index in [0.717, 1.165) is 5.56 Å². The topological polar surface area (TPSA) is 48.1 Å². The van der Waals surface area contributed by atoms with Gasteiger partial charge in [0.1, 0.15) is 5.82 Å². The predicted molar refractivity (Wildman–Crippen MR) is 59.9 cm³/mol. The molecule has 0 radical (unpaired) electrons. The van der Waals surface area contributed by atoms with Crippen LogP contribution in [0.5, 0.6) is 11.6 Å². The third kappa shape index (κ3) is 2.28. The smallest absolute Gasteiger partial charge is 0.219 e. The van der Waals surface area contributed by atoms with E-state index >= 15 is 0 Å². The van der Waals surface area contributed by atoms with Crippen molar-refractivity contribution >= 4 is 5.69 Å². The second-order valence-electron chi connectivity index (χ2n) is 3.46. The summed E-state index contributed by atoms with van der Waals surface area (Å²) in [5.41, 5.74) is 7.05. The number of nitrogen functional groups attached to an aromatic ring is 1. The van der Waals surface area contributed by atoms with E-state index in [0.29, 0.717) is 11.6 Å². The van der Waals surface area contributed by atoms with E-state index in [-0.39, 0.29) is 5.75 Å². The molecule has 0 atom stereocenters. The number of aryl methyl sites for hydroxylation is 1. The predicted octanol–water partition coefficient (Wildman–Crippen LogP) is 2.90. The first-order valence-corrected chi connectivity index (χ1v) is 4.81. The molecule has 0 fully saturated rings. The molecule has 2 rings (SSSR count). The number of benzene rings is 1. The van der Waals surface area contributed by atoms with Crippen molar-refractivity contribution in [3.63, 3.8) is 0 Å². The number of pyridine rings is 1. The summed E-state index contributed by atoms with van der Waals surface area (Å²) >= 11 is 0. The van der Waals surface area contributed by atoms with Crippen LogP contribution in [0.4, 0.5) is 10.1 Å². The number of hydrogen-bond acceptors (Lipinski definition) is 3. The fourth-order valence-corrected chi connectivity index (χ4v) is 1.27. The van der Waals surface area contributed by atoms with Gasteiger partial charge >= 0.3 is 0 Å². The average molecular weight is 218 g/mol. The fraction of sp³-hybridized carbons (Fsp3) is 0.0833. The van der Waals surface area contributed by atoms with Crippen LogP contribution in [0.3, 0.4) is 0 Å². The van der Waals surface area contributed by atoms with E-state index in [1.165, 1.54) is 18.2 Å². The molecule has 0 unspecified atom stereocenters. The van der Waals surface area contributed by atoms with Crippen LogP contribution < -0.4 is 10.5 Å². The Balaban J connectivity index is 2.30. The maximum absolute atomic E-state index is 13.0. The van der Waals surface area contributed by atoms with Gasteiger partial charge in [-0.15, -0.1) is 0 Å². The number of nitrogens with two attached hydrogens (primary N) is 1. The van der Waals surface area contributed by atoms with E-state index < -0.39 is 5.82 Å². The zero-order valence-corrected chi connectivity index (χ0v) is 8.77. The summed E-state index contributed by atoms with van der Waals surface area (Å²) in [6.07, 6.45) is 1.63. The van der Waals surface area contributed by atoms with Crippen LogP contribution in [0.2, 0.25) is 0 Å². The molecule has 4 heteroatoms. The third-order valence-electron chi connectivity index (χ3n) is 2.08. The van der Waals surface area contributed by atoms with Crippen LogP contribution in [0.15, 0.2) is 36.5 Å². The van der Waals surface area contributed by atoms with Gasteiger partial charge in [0.2, 0.25) is 5.88 Å². The lowest BCUT2D eigenvalue weighted by molar-refractivity contribution is 0.460. The van der Waals surface area contributed by atoms with E-state index in [4.69, 9.17) is 10.5 Å². The highest BCUT2D eigenvalue weighted by atomic mass is 19.1. The largest absolute Gasteiger partial charge is 0.437 e. The Hall–Kier alpha value is -2.10. The Morgan fingerprint density at radius 1 is 1.25 bits per heavy atom. The Morgan fingerprint density at radius 2 is 2.06 bits per heavy atom. The highest BCUT2D eigenvalue weighted by Gasteiger charge is 2.04. The molecule has 1 aromatic heterocycles. The molecule has 0 aliphatic rings. The lowest BCUT2D eigenvalue weighted by atomic mass is 10.3. The van der Waals surface area contributed by atoms with E-state index in [2.05, 4.69) is 4.98 Å². The second-order valence-corrected chi connectivity index (χ2v) is 3.46. The molecule has 0 saturated heterocycles. The van der Waals surface area contributed by atoms with Crippen molar-refractivity contribution in [2.75, 3.05) is 5.73 Å². The van der Waals surface area contributed by atoms with Crippen LogP contribution in [0.25, 0.3) is 0 Å². The summed E-state index contributed by atoms with van der Waals surface area (Å²) in [4.78, 5) is 4.01. The molecular weight excluding hydrogens is 207 g/mol. The second kappa shape index (κ2) is 4.18. The SMILES string of the molecule is Cc1ccnc(Oc2cc(F)ccc2N)c1. The van der Waals surface area contributed by atoms with Gasteiger partial charge in [-0.1, -0.05) is 0 Å². The molecule has 0 aliphatic carbocycles. The third-order valence-corrected chi connectivity index (χ3v) is 2.08. The monoisotopic (exact) mass is 218 g/mol. The lowest BCUT2D eigenvalue weighted by Gasteiger charge is -2.07. The van der Waals surface area contributed by atoms with Crippen LogP contribution in [-0.2, 0) is 0 Å². The standard InChI is InChI=1S/C12H11FN2O/c1-8-4-5-15-12(6-8)16-11-7-9(13)2-3-10(11)14/h2-7H,14H2,1H3. The van der Waals surface area contributed by atoms with Gasteiger partial charge in [-0.05, 0) is 30.7 Å². The number of anilines is 1. The van der Waals surface area contributed by atoms with E-state index in [9.17, 15) is 4.39 Å². The van der Waals surface area contributed by atoms with Gasteiger partial charge in [0.15, 0.2) is 5.75 Å². The minimum Gasteiger partial charge on any atom is -0.437 e. The number of hydrogen-bond donors (Lipinski definition) is 1. The molecule has 1 aromatic carbocycles. The summed E-state index contributed by atoms with van der Waals surface area (Å²) in [6.45, 7) is 1.92. The van der Waals surface area contributed by atoms with Gasteiger partial charge in [0, 0.05) is 18.3 Å². The summed E-state index contributed by atoms with van der Waals surface area (Å²) in [7, 11) is 0. The van der Waals surface area contributed by atoms with Crippen molar-refractivity contribution in [3.05, 3.63) is 47.9 Å². The molecule has 3 nitrogen and oxygen atoms in total. The molecule has 0 bridgehead atoms. The maximum atomic E-state index is 13.0. The number of halogens is 1. The number of ether oxygens (including phenoxy) is 1. The molecule has 16 heavy (non-hydrogen) atoms. The van der Waals surface area contributed by atoms with Crippen molar-refractivity contribution in [3.8, 4) is 11.6 Å². The zero-order valence-electron chi connectivity index (χ0n) is 8.77. The fourth-order valence-electron chi connectivity index (χ4n) is 1.27. The summed E-state index contributed by atoms with van der Waals surface area (Å²) in [6, 6.07) is 7.58. The van der Waals surface area contributed by atoms with Crippen LogP contribution in [0, 0.1) is 12.7 Å². The first-order valence-electron chi connectivity index (χ1n) is 4.81. The van der Waals surface area contributed by atoms with Crippen molar-refractivity contribution in [2.24, 2.45) is 0 Å². The molecule has 2 aromatic rings. The lowest BCUT2D eigenvalue weighted by Crippen LogP contribution is -1.94. The molecule has 82 valence electrons. The minimum atomic E-state index is -0.392. The molecular formula is C12H11FN2O. The minimum absolute atomic E-state index is 0.276. The van der Waals surface area contributed by atoms with Crippen LogP contribution in [-0.4, -0.2) is 4.98 Å². The normalized spacial score (nSPS) is 10.1. The Bertz CT molecular complexity index is 514. The number of rotatable bonds is 2. The number of nitrogens with zero attached hydrogens (tertiary/aromatic N) is 1. The van der Waals surface area contributed by atoms with Gasteiger partial charge in [-0.2, -0.15) is 0 Å².